The highest BCUT2D eigenvalue weighted by Gasteiger charge is 1.96. The zero-order chi connectivity index (χ0) is 5.98. The normalized spacial score (nSPS) is 9.12. The number of methoxy groups -OCH3 is 1. The van der Waals surface area contributed by atoms with Crippen LogP contribution in [0, 0.1) is 6.07 Å². The molecule has 0 aliphatic heterocycles. The van der Waals surface area contributed by atoms with E-state index in [1.807, 2.05) is 0 Å². The van der Waals surface area contributed by atoms with Gasteiger partial charge < -0.3 is 14.3 Å². The molecule has 1 aromatic rings. The molecule has 0 atom stereocenters. The first-order valence-corrected chi connectivity index (χ1v) is 2.06. The summed E-state index contributed by atoms with van der Waals surface area (Å²) in [7, 11) is 1.47. The summed E-state index contributed by atoms with van der Waals surface area (Å²) in [6, 6.07) is 2.39. The number of hydrogen-bond donors (Lipinski definition) is 1. The van der Waals surface area contributed by atoms with Crippen LogP contribution in [-0.2, 0) is 0 Å². The van der Waals surface area contributed by atoms with Crippen molar-refractivity contribution in [1.82, 2.24) is 0 Å². The van der Waals surface area contributed by atoms with Gasteiger partial charge in [-0.25, -0.2) is 0 Å². The zero-order valence-electron chi connectivity index (χ0n) is 4.34. The van der Waals surface area contributed by atoms with Crippen LogP contribution in [0.5, 0.6) is 11.7 Å². The molecule has 0 aliphatic carbocycles. The standard InChI is InChI=1S/C5H5O3/c1-7-4-2-5(6)8-3-4/h3,6H,1H3. The first-order chi connectivity index (χ1) is 3.83. The van der Waals surface area contributed by atoms with Crippen molar-refractivity contribution in [1.29, 1.82) is 0 Å². The summed E-state index contributed by atoms with van der Waals surface area (Å²) >= 11 is 0. The van der Waals surface area contributed by atoms with E-state index >= 15 is 0 Å². The van der Waals surface area contributed by atoms with E-state index < -0.39 is 0 Å². The van der Waals surface area contributed by atoms with E-state index in [2.05, 4.69) is 15.2 Å². The summed E-state index contributed by atoms with van der Waals surface area (Å²) in [5, 5.41) is 8.48. The summed E-state index contributed by atoms with van der Waals surface area (Å²) in [4.78, 5) is 0. The Hall–Kier alpha value is -1.12. The highest BCUT2D eigenvalue weighted by Crippen LogP contribution is 2.18. The van der Waals surface area contributed by atoms with E-state index in [9.17, 15) is 0 Å². The Morgan fingerprint density at radius 3 is 2.88 bits per heavy atom. The molecule has 0 fully saturated rings. The van der Waals surface area contributed by atoms with Gasteiger partial charge in [-0.15, -0.1) is 0 Å². The van der Waals surface area contributed by atoms with Crippen molar-refractivity contribution < 1.29 is 14.3 Å². The molecule has 0 saturated carbocycles. The van der Waals surface area contributed by atoms with Crippen molar-refractivity contribution in [3.05, 3.63) is 12.3 Å². The van der Waals surface area contributed by atoms with Gasteiger partial charge in [0, 0.05) is 0 Å². The minimum atomic E-state index is -0.248. The Morgan fingerprint density at radius 1 is 1.88 bits per heavy atom. The number of hydrogen-bond acceptors (Lipinski definition) is 3. The van der Waals surface area contributed by atoms with Gasteiger partial charge in [0.05, 0.1) is 7.11 Å². The topological polar surface area (TPSA) is 42.6 Å². The predicted octanol–water partition coefficient (Wildman–Crippen LogP) is 0.794. The molecule has 0 amide bonds. The summed E-state index contributed by atoms with van der Waals surface area (Å²) in [6.45, 7) is 0. The van der Waals surface area contributed by atoms with Gasteiger partial charge in [-0.2, -0.15) is 0 Å². The van der Waals surface area contributed by atoms with Gasteiger partial charge in [-0.1, -0.05) is 0 Å². The summed E-state index contributed by atoms with van der Waals surface area (Å²) < 4.78 is 9.06. The lowest BCUT2D eigenvalue weighted by Crippen LogP contribution is -1.75. The lowest BCUT2D eigenvalue weighted by molar-refractivity contribution is 0.330. The molecule has 1 aromatic heterocycles. The smallest absolute Gasteiger partial charge is 0.294 e. The van der Waals surface area contributed by atoms with Crippen molar-refractivity contribution in [2.75, 3.05) is 7.11 Å². The van der Waals surface area contributed by atoms with Gasteiger partial charge in [0.15, 0.2) is 5.75 Å². The molecule has 0 saturated heterocycles. The monoisotopic (exact) mass is 113 g/mol. The first kappa shape index (κ1) is 5.03. The zero-order valence-corrected chi connectivity index (χ0v) is 4.34. The minimum Gasteiger partial charge on any atom is -0.493 e. The summed E-state index contributed by atoms with van der Waals surface area (Å²) in [5.74, 6) is 0.157. The van der Waals surface area contributed by atoms with Crippen molar-refractivity contribution in [2.45, 2.75) is 0 Å². The second kappa shape index (κ2) is 1.78. The van der Waals surface area contributed by atoms with E-state index in [0.717, 1.165) is 0 Å². The largest absolute Gasteiger partial charge is 0.493 e. The molecule has 0 spiro atoms. The first-order valence-electron chi connectivity index (χ1n) is 2.06. The lowest BCUT2D eigenvalue weighted by Gasteiger charge is -1.84. The fourth-order valence-electron chi connectivity index (χ4n) is 0.373. The van der Waals surface area contributed by atoms with Crippen molar-refractivity contribution >= 4 is 0 Å². The van der Waals surface area contributed by atoms with Gasteiger partial charge in [-0.3, -0.25) is 0 Å². The summed E-state index contributed by atoms with van der Waals surface area (Å²) in [6.07, 6.45) is 1.27. The maximum atomic E-state index is 8.48. The predicted molar refractivity (Wildman–Crippen MR) is 25.8 cm³/mol. The maximum Gasteiger partial charge on any atom is 0.294 e. The third-order valence-electron chi connectivity index (χ3n) is 0.728. The maximum absolute atomic E-state index is 8.48. The van der Waals surface area contributed by atoms with Crippen LogP contribution in [0.2, 0.25) is 0 Å². The Kier molecular flexibility index (Phi) is 1.12. The molecule has 8 heavy (non-hydrogen) atoms. The second-order valence-corrected chi connectivity index (χ2v) is 1.23. The molecule has 3 heteroatoms. The molecule has 1 N–H and O–H groups in total. The van der Waals surface area contributed by atoms with E-state index in [1.54, 1.807) is 0 Å². The van der Waals surface area contributed by atoms with E-state index in [-0.39, 0.29) is 5.95 Å². The fraction of sp³-hybridized carbons (Fsp3) is 0.200. The van der Waals surface area contributed by atoms with E-state index in [0.29, 0.717) is 5.75 Å². The third-order valence-corrected chi connectivity index (χ3v) is 0.728. The molecule has 3 nitrogen and oxygen atoms in total. The number of aromatic hydroxyl groups is 1. The second-order valence-electron chi connectivity index (χ2n) is 1.23. The fourth-order valence-corrected chi connectivity index (χ4v) is 0.373. The minimum absolute atomic E-state index is 0.248. The van der Waals surface area contributed by atoms with Crippen molar-refractivity contribution in [3.63, 3.8) is 0 Å². The van der Waals surface area contributed by atoms with Crippen LogP contribution in [0.4, 0.5) is 0 Å². The average molecular weight is 113 g/mol. The van der Waals surface area contributed by atoms with Crippen LogP contribution in [0.15, 0.2) is 10.7 Å². The molecule has 1 rings (SSSR count). The molecule has 0 aliphatic rings. The molecule has 0 unspecified atom stereocenters. The Morgan fingerprint density at radius 2 is 2.62 bits per heavy atom. The molecule has 0 bridgehead atoms. The molecule has 1 heterocycles. The van der Waals surface area contributed by atoms with Gasteiger partial charge in [0.25, 0.3) is 5.95 Å². The molecular formula is C5H5O3. The number of rotatable bonds is 1. The Balaban J connectivity index is 2.84. The van der Waals surface area contributed by atoms with Crippen molar-refractivity contribution in [3.8, 4) is 11.7 Å². The molecular weight excluding hydrogens is 108 g/mol. The highest BCUT2D eigenvalue weighted by atomic mass is 16.5. The van der Waals surface area contributed by atoms with E-state index in [1.165, 1.54) is 13.4 Å². The lowest BCUT2D eigenvalue weighted by atomic mass is 10.6. The van der Waals surface area contributed by atoms with Crippen molar-refractivity contribution in [2.24, 2.45) is 0 Å². The van der Waals surface area contributed by atoms with Gasteiger partial charge in [0.1, 0.15) is 12.3 Å². The van der Waals surface area contributed by atoms with Crippen LogP contribution >= 0.6 is 0 Å². The van der Waals surface area contributed by atoms with Gasteiger partial charge >= 0.3 is 0 Å². The molecule has 1 radical (unpaired) electrons. The average Bonchev–Trinajstić information content (AvgIpc) is 2.14. The number of ether oxygens (including phenoxy) is 1. The molecule has 0 aromatic carbocycles. The van der Waals surface area contributed by atoms with E-state index in [4.69, 9.17) is 5.11 Å². The Labute approximate surface area is 46.5 Å². The van der Waals surface area contributed by atoms with Gasteiger partial charge in [0.2, 0.25) is 0 Å². The quantitative estimate of drug-likeness (QED) is 0.585. The SMILES string of the molecule is COc1[c]c(O)oc1. The van der Waals surface area contributed by atoms with Gasteiger partial charge in [-0.05, 0) is 0 Å². The van der Waals surface area contributed by atoms with Crippen LogP contribution in [-0.4, -0.2) is 12.2 Å². The Bertz CT molecular complexity index is 168. The number of furan rings is 1. The highest BCUT2D eigenvalue weighted by molar-refractivity contribution is 5.19. The molecule has 43 valence electrons. The van der Waals surface area contributed by atoms with Crippen LogP contribution in [0.1, 0.15) is 0 Å². The summed E-state index contributed by atoms with van der Waals surface area (Å²) in [5.41, 5.74) is 0. The van der Waals surface area contributed by atoms with Crippen LogP contribution in [0.25, 0.3) is 0 Å². The van der Waals surface area contributed by atoms with Crippen LogP contribution in [0.3, 0.4) is 0 Å². The third kappa shape index (κ3) is 0.753. The van der Waals surface area contributed by atoms with Crippen LogP contribution < -0.4 is 4.74 Å².